The molecule has 0 radical (unpaired) electrons. The van der Waals surface area contributed by atoms with Crippen LogP contribution in [0, 0.1) is 0 Å². The Morgan fingerprint density at radius 2 is 1.85 bits per heavy atom. The molecule has 0 aliphatic heterocycles. The van der Waals surface area contributed by atoms with Crippen LogP contribution in [0.25, 0.3) is 10.8 Å². The van der Waals surface area contributed by atoms with Crippen LogP contribution in [0.4, 0.5) is 5.13 Å². The Kier molecular flexibility index (Phi) is 6.49. The highest BCUT2D eigenvalue weighted by Crippen LogP contribution is 2.19. The van der Waals surface area contributed by atoms with Crippen molar-refractivity contribution in [3.63, 3.8) is 0 Å². The summed E-state index contributed by atoms with van der Waals surface area (Å²) in [4.78, 5) is 24.2. The number of aromatic nitrogens is 2. The van der Waals surface area contributed by atoms with Gasteiger partial charge in [-0.2, -0.15) is 0 Å². The molecule has 140 valence electrons. The van der Waals surface area contributed by atoms with Crippen molar-refractivity contribution in [2.24, 2.45) is 0 Å². The molecular formula is C20H22N4O2S. The summed E-state index contributed by atoms with van der Waals surface area (Å²) in [5.74, 6) is -0.498. The average molecular weight is 382 g/mol. The predicted octanol–water partition coefficient (Wildman–Crippen LogP) is 3.33. The van der Waals surface area contributed by atoms with Crippen molar-refractivity contribution in [2.75, 3.05) is 11.9 Å². The first kappa shape index (κ1) is 19.0. The van der Waals surface area contributed by atoms with Gasteiger partial charge < -0.3 is 5.32 Å². The number of hydrogen-bond acceptors (Lipinski definition) is 5. The molecule has 27 heavy (non-hydrogen) atoms. The number of unbranched alkanes of at least 4 members (excludes halogenated alkanes) is 1. The number of benzene rings is 2. The van der Waals surface area contributed by atoms with Crippen molar-refractivity contribution >= 4 is 39.1 Å². The number of carbonyl (C=O) groups excluding carboxylic acids is 2. The van der Waals surface area contributed by atoms with E-state index in [9.17, 15) is 9.59 Å². The molecule has 1 aromatic heterocycles. The van der Waals surface area contributed by atoms with Crippen LogP contribution in [0.5, 0.6) is 0 Å². The number of carbonyl (C=O) groups is 2. The minimum atomic E-state index is -0.306. The van der Waals surface area contributed by atoms with Gasteiger partial charge in [-0.1, -0.05) is 67.1 Å². The summed E-state index contributed by atoms with van der Waals surface area (Å²) in [5.41, 5.74) is 0.940. The highest BCUT2D eigenvalue weighted by Gasteiger charge is 2.11. The van der Waals surface area contributed by atoms with Gasteiger partial charge in [-0.15, -0.1) is 10.2 Å². The molecule has 2 amide bonds. The third-order valence-corrected chi connectivity index (χ3v) is 5.03. The van der Waals surface area contributed by atoms with E-state index in [-0.39, 0.29) is 24.8 Å². The number of anilines is 1. The number of hydrogen-bond donors (Lipinski definition) is 2. The van der Waals surface area contributed by atoms with Gasteiger partial charge in [-0.05, 0) is 22.8 Å². The van der Waals surface area contributed by atoms with Crippen molar-refractivity contribution in [3.8, 4) is 0 Å². The first-order valence-corrected chi connectivity index (χ1v) is 9.83. The molecule has 0 saturated carbocycles. The van der Waals surface area contributed by atoms with Gasteiger partial charge in [0.15, 0.2) is 0 Å². The fourth-order valence-corrected chi connectivity index (χ4v) is 3.56. The van der Waals surface area contributed by atoms with E-state index in [4.69, 9.17) is 0 Å². The molecule has 1 heterocycles. The second-order valence-electron chi connectivity index (χ2n) is 6.24. The fourth-order valence-electron chi connectivity index (χ4n) is 2.76. The van der Waals surface area contributed by atoms with Crippen LogP contribution in [-0.2, 0) is 22.4 Å². The van der Waals surface area contributed by atoms with E-state index in [1.807, 2.05) is 42.5 Å². The maximum absolute atomic E-state index is 12.2. The molecule has 6 nitrogen and oxygen atoms in total. The van der Waals surface area contributed by atoms with Crippen LogP contribution in [0.2, 0.25) is 0 Å². The minimum absolute atomic E-state index is 0.0898. The van der Waals surface area contributed by atoms with E-state index < -0.39 is 0 Å². The zero-order chi connectivity index (χ0) is 19.1. The SMILES string of the molecule is CCCCc1nnc(NC(=O)CNC(=O)Cc2cccc3ccccc23)s1. The van der Waals surface area contributed by atoms with Crippen LogP contribution >= 0.6 is 11.3 Å². The molecule has 0 spiro atoms. The maximum Gasteiger partial charge on any atom is 0.245 e. The Morgan fingerprint density at radius 1 is 1.04 bits per heavy atom. The van der Waals surface area contributed by atoms with E-state index in [1.165, 1.54) is 11.3 Å². The summed E-state index contributed by atoms with van der Waals surface area (Å²) in [6.07, 6.45) is 3.23. The lowest BCUT2D eigenvalue weighted by Gasteiger charge is -2.07. The molecule has 0 aliphatic carbocycles. The zero-order valence-electron chi connectivity index (χ0n) is 15.2. The number of amides is 2. The van der Waals surface area contributed by atoms with Crippen molar-refractivity contribution in [1.29, 1.82) is 0 Å². The van der Waals surface area contributed by atoms with E-state index in [1.54, 1.807) is 0 Å². The average Bonchev–Trinajstić information content (AvgIpc) is 3.12. The number of nitrogens with zero attached hydrogens (tertiary/aromatic N) is 2. The summed E-state index contributed by atoms with van der Waals surface area (Å²) in [7, 11) is 0. The molecule has 7 heteroatoms. The van der Waals surface area contributed by atoms with E-state index in [0.717, 1.165) is 40.6 Å². The Labute approximate surface area is 162 Å². The van der Waals surface area contributed by atoms with Crippen LogP contribution in [0.1, 0.15) is 30.3 Å². The molecule has 0 aliphatic rings. The topological polar surface area (TPSA) is 84.0 Å². The minimum Gasteiger partial charge on any atom is -0.347 e. The van der Waals surface area contributed by atoms with Crippen LogP contribution in [0.3, 0.4) is 0 Å². The highest BCUT2D eigenvalue weighted by atomic mass is 32.1. The lowest BCUT2D eigenvalue weighted by molar-refractivity contribution is -0.123. The monoisotopic (exact) mass is 382 g/mol. The smallest absolute Gasteiger partial charge is 0.245 e. The predicted molar refractivity (Wildman–Crippen MR) is 108 cm³/mol. The molecule has 0 unspecified atom stereocenters. The molecule has 0 saturated heterocycles. The van der Waals surface area contributed by atoms with Crippen molar-refractivity contribution in [3.05, 3.63) is 53.0 Å². The normalized spacial score (nSPS) is 10.7. The Morgan fingerprint density at radius 3 is 2.70 bits per heavy atom. The van der Waals surface area contributed by atoms with E-state index >= 15 is 0 Å². The van der Waals surface area contributed by atoms with Gasteiger partial charge in [0.1, 0.15) is 5.01 Å². The summed E-state index contributed by atoms with van der Waals surface area (Å²) in [6.45, 7) is 2.03. The van der Waals surface area contributed by atoms with Gasteiger partial charge >= 0.3 is 0 Å². The summed E-state index contributed by atoms with van der Waals surface area (Å²) in [6, 6.07) is 13.8. The van der Waals surface area contributed by atoms with Crippen LogP contribution < -0.4 is 10.6 Å². The summed E-state index contributed by atoms with van der Waals surface area (Å²) >= 11 is 1.37. The van der Waals surface area contributed by atoms with E-state index in [0.29, 0.717) is 5.13 Å². The highest BCUT2D eigenvalue weighted by molar-refractivity contribution is 7.15. The van der Waals surface area contributed by atoms with Gasteiger partial charge in [-0.25, -0.2) is 0 Å². The summed E-state index contributed by atoms with van der Waals surface area (Å²) in [5, 5.41) is 16.9. The van der Waals surface area contributed by atoms with Crippen LogP contribution in [-0.4, -0.2) is 28.6 Å². The molecule has 0 bridgehead atoms. The molecule has 3 aromatic rings. The van der Waals surface area contributed by atoms with Crippen LogP contribution in [0.15, 0.2) is 42.5 Å². The second-order valence-corrected chi connectivity index (χ2v) is 7.31. The molecular weight excluding hydrogens is 360 g/mol. The molecule has 3 rings (SSSR count). The number of rotatable bonds is 8. The lowest BCUT2D eigenvalue weighted by Crippen LogP contribution is -2.33. The van der Waals surface area contributed by atoms with Gasteiger partial charge in [-0.3, -0.25) is 14.9 Å². The lowest BCUT2D eigenvalue weighted by atomic mass is 10.0. The number of aryl methyl sites for hydroxylation is 1. The third kappa shape index (κ3) is 5.34. The first-order valence-electron chi connectivity index (χ1n) is 9.01. The summed E-state index contributed by atoms with van der Waals surface area (Å²) < 4.78 is 0. The van der Waals surface area contributed by atoms with Gasteiger partial charge in [0.25, 0.3) is 0 Å². The standard InChI is InChI=1S/C20H22N4O2S/c1-2-3-11-19-23-24-20(27-19)22-18(26)13-21-17(25)12-15-9-6-8-14-7-4-5-10-16(14)15/h4-10H,2-3,11-13H2,1H3,(H,21,25)(H,22,24,26). The van der Waals surface area contributed by atoms with Crippen molar-refractivity contribution in [2.45, 2.75) is 32.6 Å². The second kappa shape index (κ2) is 9.23. The molecule has 0 atom stereocenters. The van der Waals surface area contributed by atoms with Gasteiger partial charge in [0.2, 0.25) is 16.9 Å². The number of fused-ring (bicyclic) bond motifs is 1. The Balaban J connectivity index is 1.50. The molecule has 2 aromatic carbocycles. The third-order valence-electron chi connectivity index (χ3n) is 4.13. The first-order chi connectivity index (χ1) is 13.2. The van der Waals surface area contributed by atoms with E-state index in [2.05, 4.69) is 27.8 Å². The zero-order valence-corrected chi connectivity index (χ0v) is 16.0. The number of nitrogens with one attached hydrogen (secondary N) is 2. The van der Waals surface area contributed by atoms with Crippen molar-refractivity contribution in [1.82, 2.24) is 15.5 Å². The van der Waals surface area contributed by atoms with Crippen molar-refractivity contribution < 1.29 is 9.59 Å². The Bertz CT molecular complexity index is 933. The van der Waals surface area contributed by atoms with Gasteiger partial charge in [0, 0.05) is 6.42 Å². The quantitative estimate of drug-likeness (QED) is 0.626. The van der Waals surface area contributed by atoms with Gasteiger partial charge in [0.05, 0.1) is 13.0 Å². The molecule has 0 fully saturated rings. The maximum atomic E-state index is 12.2. The molecule has 2 N–H and O–H groups in total. The largest absolute Gasteiger partial charge is 0.347 e. The Hall–Kier alpha value is -2.80. The fraction of sp³-hybridized carbons (Fsp3) is 0.300.